The Balaban J connectivity index is 1.61. The number of rotatable bonds is 5. The van der Waals surface area contributed by atoms with Crippen LogP contribution in [0.3, 0.4) is 0 Å². The molecule has 5 heteroatoms. The van der Waals surface area contributed by atoms with Crippen molar-refractivity contribution in [2.75, 3.05) is 13.2 Å². The van der Waals surface area contributed by atoms with Gasteiger partial charge in [-0.3, -0.25) is 4.79 Å². The largest absolute Gasteiger partial charge is 0.490 e. The topological polar surface area (TPSA) is 56.8 Å². The minimum absolute atomic E-state index is 0.00512. The van der Waals surface area contributed by atoms with Crippen LogP contribution < -0.4 is 19.5 Å². The summed E-state index contributed by atoms with van der Waals surface area (Å²) in [4.78, 5) is 12.4. The smallest absolute Gasteiger partial charge is 0.255 e. The van der Waals surface area contributed by atoms with Gasteiger partial charge in [-0.05, 0) is 38.1 Å². The lowest BCUT2D eigenvalue weighted by molar-refractivity contribution is 0.0786. The third-order valence-electron chi connectivity index (χ3n) is 3.55. The number of benzene rings is 2. The van der Waals surface area contributed by atoms with Crippen molar-refractivity contribution in [1.29, 1.82) is 0 Å². The molecule has 0 aromatic heterocycles. The van der Waals surface area contributed by atoms with Crippen LogP contribution in [-0.4, -0.2) is 31.3 Å². The van der Waals surface area contributed by atoms with Crippen LogP contribution in [0.4, 0.5) is 0 Å². The number of hydrogen-bond acceptors (Lipinski definition) is 4. The molecule has 0 bridgehead atoms. The maximum absolute atomic E-state index is 12.4. The molecule has 1 heterocycles. The van der Waals surface area contributed by atoms with E-state index in [-0.39, 0.29) is 18.1 Å². The number of amides is 1. The molecule has 1 atom stereocenters. The van der Waals surface area contributed by atoms with E-state index in [0.29, 0.717) is 30.2 Å². The van der Waals surface area contributed by atoms with Gasteiger partial charge >= 0.3 is 0 Å². The predicted molar refractivity (Wildman–Crippen MR) is 90.9 cm³/mol. The number of carbonyl (C=O) groups is 1. The third-order valence-corrected chi connectivity index (χ3v) is 3.55. The van der Waals surface area contributed by atoms with Gasteiger partial charge in [0.25, 0.3) is 5.91 Å². The first-order valence-corrected chi connectivity index (χ1v) is 8.06. The highest BCUT2D eigenvalue weighted by Crippen LogP contribution is 2.30. The number of para-hydroxylation sites is 3. The second-order valence-corrected chi connectivity index (χ2v) is 5.87. The van der Waals surface area contributed by atoms with E-state index >= 15 is 0 Å². The second-order valence-electron chi connectivity index (χ2n) is 5.87. The van der Waals surface area contributed by atoms with Gasteiger partial charge in [0, 0.05) is 0 Å². The number of fused-ring (bicyclic) bond motifs is 1. The molecule has 0 unspecified atom stereocenters. The SMILES string of the molecule is CC(C)Oc1ccccc1C(=O)NC[C@H]1COc2ccccc2O1. The van der Waals surface area contributed by atoms with Crippen molar-refractivity contribution in [3.63, 3.8) is 0 Å². The molecule has 0 aliphatic carbocycles. The van der Waals surface area contributed by atoms with Crippen molar-refractivity contribution in [3.8, 4) is 17.2 Å². The van der Waals surface area contributed by atoms with Gasteiger partial charge in [0.1, 0.15) is 18.5 Å². The lowest BCUT2D eigenvalue weighted by Crippen LogP contribution is -2.40. The van der Waals surface area contributed by atoms with Gasteiger partial charge in [-0.2, -0.15) is 0 Å². The zero-order valence-electron chi connectivity index (χ0n) is 13.8. The summed E-state index contributed by atoms with van der Waals surface area (Å²) in [6, 6.07) is 14.7. The Morgan fingerprint density at radius 3 is 2.67 bits per heavy atom. The van der Waals surface area contributed by atoms with Crippen molar-refractivity contribution in [1.82, 2.24) is 5.32 Å². The van der Waals surface area contributed by atoms with Crippen LogP contribution in [-0.2, 0) is 0 Å². The maximum atomic E-state index is 12.4. The van der Waals surface area contributed by atoms with Gasteiger partial charge in [0.2, 0.25) is 0 Å². The fourth-order valence-corrected chi connectivity index (χ4v) is 2.48. The second kappa shape index (κ2) is 7.25. The predicted octanol–water partition coefficient (Wildman–Crippen LogP) is 3.04. The summed E-state index contributed by atoms with van der Waals surface area (Å²) >= 11 is 0. The first-order chi connectivity index (χ1) is 11.6. The van der Waals surface area contributed by atoms with Crippen LogP contribution in [0.2, 0.25) is 0 Å². The molecule has 24 heavy (non-hydrogen) atoms. The Morgan fingerprint density at radius 2 is 1.88 bits per heavy atom. The quantitative estimate of drug-likeness (QED) is 0.917. The average molecular weight is 327 g/mol. The summed E-state index contributed by atoms with van der Waals surface area (Å²) in [5, 5.41) is 2.89. The summed E-state index contributed by atoms with van der Waals surface area (Å²) in [5.41, 5.74) is 0.517. The summed E-state index contributed by atoms with van der Waals surface area (Å²) in [6.45, 7) is 4.63. The standard InChI is InChI=1S/C19H21NO4/c1-13(2)23-16-8-4-3-7-15(16)19(21)20-11-14-12-22-17-9-5-6-10-18(17)24-14/h3-10,13-14H,11-12H2,1-2H3,(H,20,21)/t14-/m0/s1. The van der Waals surface area contributed by atoms with Gasteiger partial charge in [0.15, 0.2) is 11.5 Å². The first-order valence-electron chi connectivity index (χ1n) is 8.06. The van der Waals surface area contributed by atoms with Gasteiger partial charge < -0.3 is 19.5 Å². The summed E-state index contributed by atoms with van der Waals surface area (Å²) in [7, 11) is 0. The number of carbonyl (C=O) groups excluding carboxylic acids is 1. The maximum Gasteiger partial charge on any atom is 0.255 e. The molecule has 3 rings (SSSR count). The Bertz CT molecular complexity index is 714. The molecule has 126 valence electrons. The van der Waals surface area contributed by atoms with Crippen molar-refractivity contribution in [3.05, 3.63) is 54.1 Å². The van der Waals surface area contributed by atoms with E-state index in [1.165, 1.54) is 0 Å². The van der Waals surface area contributed by atoms with Crippen molar-refractivity contribution >= 4 is 5.91 Å². The lowest BCUT2D eigenvalue weighted by atomic mass is 10.2. The molecule has 1 aliphatic rings. The molecule has 0 fully saturated rings. The molecule has 0 saturated heterocycles. The Kier molecular flexibility index (Phi) is 4.89. The fraction of sp³-hybridized carbons (Fsp3) is 0.316. The molecule has 0 radical (unpaired) electrons. The highest BCUT2D eigenvalue weighted by molar-refractivity contribution is 5.96. The molecule has 1 amide bonds. The molecule has 1 N–H and O–H groups in total. The van der Waals surface area contributed by atoms with Crippen LogP contribution in [0.25, 0.3) is 0 Å². The van der Waals surface area contributed by atoms with Gasteiger partial charge in [0.05, 0.1) is 18.2 Å². The third kappa shape index (κ3) is 3.79. The number of ether oxygens (including phenoxy) is 3. The molecule has 1 aliphatic heterocycles. The highest BCUT2D eigenvalue weighted by Gasteiger charge is 2.22. The minimum atomic E-state index is -0.220. The number of nitrogens with one attached hydrogen (secondary N) is 1. The first kappa shape index (κ1) is 16.2. The Hall–Kier alpha value is -2.69. The van der Waals surface area contributed by atoms with Crippen LogP contribution >= 0.6 is 0 Å². The van der Waals surface area contributed by atoms with Crippen LogP contribution in [0.5, 0.6) is 17.2 Å². The summed E-state index contributed by atoms with van der Waals surface area (Å²) < 4.78 is 17.2. The molecule has 0 saturated carbocycles. The van der Waals surface area contributed by atoms with Crippen molar-refractivity contribution in [2.45, 2.75) is 26.1 Å². The van der Waals surface area contributed by atoms with Crippen LogP contribution in [0, 0.1) is 0 Å². The van der Waals surface area contributed by atoms with E-state index in [1.807, 2.05) is 50.2 Å². The zero-order valence-corrected chi connectivity index (χ0v) is 13.8. The Morgan fingerprint density at radius 1 is 1.17 bits per heavy atom. The summed E-state index contributed by atoms with van der Waals surface area (Å²) in [5.74, 6) is 1.83. The van der Waals surface area contributed by atoms with E-state index in [2.05, 4.69) is 5.32 Å². The van der Waals surface area contributed by atoms with E-state index in [0.717, 1.165) is 5.75 Å². The number of hydrogen-bond donors (Lipinski definition) is 1. The molecular weight excluding hydrogens is 306 g/mol. The fourth-order valence-electron chi connectivity index (χ4n) is 2.48. The van der Waals surface area contributed by atoms with Gasteiger partial charge in [-0.25, -0.2) is 0 Å². The Labute approximate surface area is 141 Å². The van der Waals surface area contributed by atoms with E-state index in [1.54, 1.807) is 12.1 Å². The molecule has 2 aromatic carbocycles. The van der Waals surface area contributed by atoms with Gasteiger partial charge in [-0.15, -0.1) is 0 Å². The minimum Gasteiger partial charge on any atom is -0.490 e. The normalized spacial score (nSPS) is 15.9. The van der Waals surface area contributed by atoms with Gasteiger partial charge in [-0.1, -0.05) is 24.3 Å². The monoisotopic (exact) mass is 327 g/mol. The van der Waals surface area contributed by atoms with Crippen molar-refractivity contribution in [2.24, 2.45) is 0 Å². The molecular formula is C19H21NO4. The molecule has 2 aromatic rings. The summed E-state index contributed by atoms with van der Waals surface area (Å²) in [6.07, 6.45) is -0.215. The van der Waals surface area contributed by atoms with E-state index in [9.17, 15) is 4.79 Å². The molecule has 5 nitrogen and oxygen atoms in total. The average Bonchev–Trinajstić information content (AvgIpc) is 2.59. The van der Waals surface area contributed by atoms with Crippen LogP contribution in [0.15, 0.2) is 48.5 Å². The lowest BCUT2D eigenvalue weighted by Gasteiger charge is -2.26. The van der Waals surface area contributed by atoms with Crippen molar-refractivity contribution < 1.29 is 19.0 Å². The zero-order chi connectivity index (χ0) is 16.9. The molecule has 0 spiro atoms. The van der Waals surface area contributed by atoms with Crippen LogP contribution in [0.1, 0.15) is 24.2 Å². The van der Waals surface area contributed by atoms with E-state index in [4.69, 9.17) is 14.2 Å². The highest BCUT2D eigenvalue weighted by atomic mass is 16.6. The van der Waals surface area contributed by atoms with E-state index < -0.39 is 0 Å².